The summed E-state index contributed by atoms with van der Waals surface area (Å²) < 4.78 is 8.09. The molecule has 1 aromatic heterocycles. The molecule has 3 amide bonds. The zero-order chi connectivity index (χ0) is 31.2. The standard InChI is InChI=1S/C34H39N5O5/c1-23(2)37(3)34(43)36-27-10-14-31(29(22-27)33(41)42)44-28-11-8-26(9-12-28)35-32(40)25-7-13-30-24(21-25)15-18-39(30)20-19-38-16-5-4-6-17-38/h7-15,18,21-23H,4-6,16-17,19-20H2,1-3H3,(H,35,40)(H,36,43)(H,41,42). The van der Waals surface area contributed by atoms with Crippen molar-refractivity contribution in [3.63, 3.8) is 0 Å². The van der Waals surface area contributed by atoms with E-state index < -0.39 is 5.97 Å². The van der Waals surface area contributed by atoms with Gasteiger partial charge in [0.15, 0.2) is 0 Å². The van der Waals surface area contributed by atoms with E-state index in [9.17, 15) is 19.5 Å². The van der Waals surface area contributed by atoms with E-state index in [0.29, 0.717) is 22.7 Å². The number of aromatic carboxylic acids is 1. The van der Waals surface area contributed by atoms with Crippen molar-refractivity contribution >= 4 is 40.2 Å². The lowest BCUT2D eigenvalue weighted by Crippen LogP contribution is -2.36. The topological polar surface area (TPSA) is 116 Å². The second-order valence-electron chi connectivity index (χ2n) is 11.4. The Morgan fingerprint density at radius 1 is 0.886 bits per heavy atom. The fraction of sp³-hybridized carbons (Fsp3) is 0.324. The van der Waals surface area contributed by atoms with Crippen LogP contribution in [0.15, 0.2) is 72.9 Å². The smallest absolute Gasteiger partial charge is 0.339 e. The van der Waals surface area contributed by atoms with Gasteiger partial charge in [0.05, 0.1) is 0 Å². The Balaban J connectivity index is 1.20. The minimum absolute atomic E-state index is 0.0140. The zero-order valence-electron chi connectivity index (χ0n) is 25.4. The minimum Gasteiger partial charge on any atom is -0.478 e. The molecule has 44 heavy (non-hydrogen) atoms. The van der Waals surface area contributed by atoms with Crippen molar-refractivity contribution in [1.29, 1.82) is 0 Å². The molecule has 1 saturated heterocycles. The second-order valence-corrected chi connectivity index (χ2v) is 11.4. The molecule has 0 spiro atoms. The maximum absolute atomic E-state index is 13.0. The zero-order valence-corrected chi connectivity index (χ0v) is 25.4. The van der Waals surface area contributed by atoms with E-state index in [4.69, 9.17) is 4.74 Å². The van der Waals surface area contributed by atoms with E-state index >= 15 is 0 Å². The average Bonchev–Trinajstić information content (AvgIpc) is 3.43. The number of piperidine rings is 1. The molecule has 10 heteroatoms. The maximum atomic E-state index is 13.0. The number of ether oxygens (including phenoxy) is 1. The Bertz CT molecular complexity index is 1640. The van der Waals surface area contributed by atoms with Gasteiger partial charge in [-0.15, -0.1) is 0 Å². The Labute approximate surface area is 257 Å². The highest BCUT2D eigenvalue weighted by molar-refractivity contribution is 6.06. The third-order valence-electron chi connectivity index (χ3n) is 8.04. The van der Waals surface area contributed by atoms with Gasteiger partial charge < -0.3 is 34.8 Å². The van der Waals surface area contributed by atoms with Crippen molar-refractivity contribution in [2.45, 2.75) is 45.7 Å². The van der Waals surface area contributed by atoms with Crippen molar-refractivity contribution in [3.05, 3.63) is 84.1 Å². The molecule has 4 aromatic rings. The summed E-state index contributed by atoms with van der Waals surface area (Å²) in [5, 5.41) is 16.4. The molecule has 0 unspecified atom stereocenters. The second kappa shape index (κ2) is 13.6. The third kappa shape index (κ3) is 7.38. The van der Waals surface area contributed by atoms with Gasteiger partial charge in [0, 0.05) is 60.2 Å². The van der Waals surface area contributed by atoms with Gasteiger partial charge in [-0.2, -0.15) is 0 Å². The molecule has 0 bridgehead atoms. The molecule has 2 heterocycles. The van der Waals surface area contributed by atoms with Crippen LogP contribution in [-0.2, 0) is 6.54 Å². The number of nitrogens with zero attached hydrogens (tertiary/aromatic N) is 3. The molecule has 3 N–H and O–H groups in total. The number of carbonyl (C=O) groups excluding carboxylic acids is 2. The highest BCUT2D eigenvalue weighted by Gasteiger charge is 2.17. The minimum atomic E-state index is -1.19. The van der Waals surface area contributed by atoms with Crippen LogP contribution in [0.1, 0.15) is 53.8 Å². The fourth-order valence-corrected chi connectivity index (χ4v) is 5.22. The number of rotatable bonds is 10. The van der Waals surface area contributed by atoms with Gasteiger partial charge in [0.2, 0.25) is 0 Å². The number of aromatic nitrogens is 1. The summed E-state index contributed by atoms with van der Waals surface area (Å²) in [5.41, 5.74) is 2.50. The molecule has 5 rings (SSSR count). The Hall–Kier alpha value is -4.83. The first-order valence-electron chi connectivity index (χ1n) is 15.0. The molecule has 0 aliphatic carbocycles. The van der Waals surface area contributed by atoms with Crippen LogP contribution in [0, 0.1) is 0 Å². The monoisotopic (exact) mass is 597 g/mol. The highest BCUT2D eigenvalue weighted by Crippen LogP contribution is 2.29. The van der Waals surface area contributed by atoms with Crippen LogP contribution in [0.3, 0.4) is 0 Å². The van der Waals surface area contributed by atoms with Crippen LogP contribution < -0.4 is 15.4 Å². The van der Waals surface area contributed by atoms with Crippen LogP contribution in [0.25, 0.3) is 10.9 Å². The fourth-order valence-electron chi connectivity index (χ4n) is 5.22. The van der Waals surface area contributed by atoms with E-state index in [1.165, 1.54) is 49.4 Å². The van der Waals surface area contributed by atoms with Crippen LogP contribution in [0.5, 0.6) is 11.5 Å². The van der Waals surface area contributed by atoms with Gasteiger partial charge in [-0.25, -0.2) is 9.59 Å². The molecular weight excluding hydrogens is 558 g/mol. The van der Waals surface area contributed by atoms with Crippen molar-refractivity contribution < 1.29 is 24.2 Å². The quantitative estimate of drug-likeness (QED) is 0.186. The molecule has 0 atom stereocenters. The summed E-state index contributed by atoms with van der Waals surface area (Å²) in [7, 11) is 1.66. The van der Waals surface area contributed by atoms with Crippen molar-refractivity contribution in [2.75, 3.05) is 37.3 Å². The number of carboxylic acids is 1. The van der Waals surface area contributed by atoms with Gasteiger partial charge >= 0.3 is 12.0 Å². The maximum Gasteiger partial charge on any atom is 0.339 e. The van der Waals surface area contributed by atoms with Crippen LogP contribution in [-0.4, -0.2) is 70.1 Å². The molecule has 1 aliphatic heterocycles. The number of amides is 3. The number of fused-ring (bicyclic) bond motifs is 1. The Morgan fingerprint density at radius 3 is 2.32 bits per heavy atom. The molecule has 0 saturated carbocycles. The number of likely N-dealkylation sites (tertiary alicyclic amines) is 1. The van der Waals surface area contributed by atoms with Gasteiger partial charge in [0.25, 0.3) is 5.91 Å². The Morgan fingerprint density at radius 2 is 1.61 bits per heavy atom. The van der Waals surface area contributed by atoms with Gasteiger partial charge in [0.1, 0.15) is 17.1 Å². The van der Waals surface area contributed by atoms with Crippen molar-refractivity contribution in [1.82, 2.24) is 14.4 Å². The van der Waals surface area contributed by atoms with E-state index in [-0.39, 0.29) is 29.3 Å². The first-order valence-corrected chi connectivity index (χ1v) is 15.0. The molecule has 1 fully saturated rings. The molecular formula is C34H39N5O5. The lowest BCUT2D eigenvalue weighted by atomic mass is 10.1. The number of nitrogens with one attached hydrogen (secondary N) is 2. The van der Waals surface area contributed by atoms with Gasteiger partial charge in [-0.3, -0.25) is 4.79 Å². The number of carbonyl (C=O) groups is 3. The van der Waals surface area contributed by atoms with Gasteiger partial charge in [-0.1, -0.05) is 6.42 Å². The van der Waals surface area contributed by atoms with Gasteiger partial charge in [-0.05, 0) is 107 Å². The number of carboxylic acid groups (broad SMARTS) is 1. The largest absolute Gasteiger partial charge is 0.478 e. The summed E-state index contributed by atoms with van der Waals surface area (Å²) in [6.45, 7) is 8.06. The van der Waals surface area contributed by atoms with E-state index in [1.54, 1.807) is 37.4 Å². The van der Waals surface area contributed by atoms with Crippen molar-refractivity contribution in [3.8, 4) is 11.5 Å². The summed E-state index contributed by atoms with van der Waals surface area (Å²) in [4.78, 5) is 41.3. The molecule has 0 radical (unpaired) electrons. The third-order valence-corrected chi connectivity index (χ3v) is 8.04. The number of anilines is 2. The van der Waals surface area contributed by atoms with E-state index in [2.05, 4.69) is 26.3 Å². The predicted octanol–water partition coefficient (Wildman–Crippen LogP) is 6.74. The first kappa shape index (κ1) is 30.6. The van der Waals surface area contributed by atoms with E-state index in [1.807, 2.05) is 38.1 Å². The summed E-state index contributed by atoms with van der Waals surface area (Å²) in [6.07, 6.45) is 5.96. The molecule has 1 aliphatic rings. The predicted molar refractivity (Wildman–Crippen MR) is 172 cm³/mol. The lowest BCUT2D eigenvalue weighted by molar-refractivity contribution is 0.0694. The van der Waals surface area contributed by atoms with Crippen LogP contribution in [0.4, 0.5) is 16.2 Å². The van der Waals surface area contributed by atoms with Crippen LogP contribution in [0.2, 0.25) is 0 Å². The number of hydrogen-bond donors (Lipinski definition) is 3. The molecule has 230 valence electrons. The van der Waals surface area contributed by atoms with Crippen molar-refractivity contribution in [2.24, 2.45) is 0 Å². The first-order chi connectivity index (χ1) is 21.2. The summed E-state index contributed by atoms with van der Waals surface area (Å²) in [6, 6.07) is 18.6. The SMILES string of the molecule is CC(C)N(C)C(=O)Nc1ccc(Oc2ccc(NC(=O)c3ccc4c(ccn4CCN4CCCCC4)c3)cc2)c(C(=O)O)c1. The number of urea groups is 1. The molecule has 3 aromatic carbocycles. The lowest BCUT2D eigenvalue weighted by Gasteiger charge is -2.26. The Kier molecular flexibility index (Phi) is 9.50. The highest BCUT2D eigenvalue weighted by atomic mass is 16.5. The normalized spacial score (nSPS) is 13.5. The molecule has 10 nitrogen and oxygen atoms in total. The van der Waals surface area contributed by atoms with Crippen LogP contribution >= 0.6 is 0 Å². The van der Waals surface area contributed by atoms with E-state index in [0.717, 1.165) is 24.0 Å². The summed E-state index contributed by atoms with van der Waals surface area (Å²) in [5.74, 6) is -0.892. The number of hydrogen-bond acceptors (Lipinski definition) is 5. The number of benzene rings is 3. The average molecular weight is 598 g/mol. The summed E-state index contributed by atoms with van der Waals surface area (Å²) >= 11 is 0.